The summed E-state index contributed by atoms with van der Waals surface area (Å²) < 4.78 is 5.91. The summed E-state index contributed by atoms with van der Waals surface area (Å²) in [6.07, 6.45) is -1.41. The maximum atomic E-state index is 11.0. The van der Waals surface area contributed by atoms with Gasteiger partial charge in [-0.3, -0.25) is 5.32 Å². The number of ether oxygens (including phenoxy) is 1. The van der Waals surface area contributed by atoms with Gasteiger partial charge in [0, 0.05) is 17.5 Å². The predicted molar refractivity (Wildman–Crippen MR) is 114 cm³/mol. The van der Waals surface area contributed by atoms with Crippen LogP contribution in [0.15, 0.2) is 72.8 Å². The van der Waals surface area contributed by atoms with Crippen LogP contribution in [0.5, 0.6) is 11.5 Å². The van der Waals surface area contributed by atoms with E-state index in [0.717, 1.165) is 32.7 Å². The summed E-state index contributed by atoms with van der Waals surface area (Å²) in [5.41, 5.74) is 1.71. The van der Waals surface area contributed by atoms with Gasteiger partial charge in [0.2, 0.25) is 0 Å². The van der Waals surface area contributed by atoms with Crippen LogP contribution in [-0.2, 0) is 6.42 Å². The van der Waals surface area contributed by atoms with E-state index in [4.69, 9.17) is 9.84 Å². The summed E-state index contributed by atoms with van der Waals surface area (Å²) in [5.74, 6) is 0.802. The van der Waals surface area contributed by atoms with Gasteiger partial charge in [0.15, 0.2) is 6.23 Å². The van der Waals surface area contributed by atoms with Crippen LogP contribution in [0.2, 0.25) is 0 Å². The van der Waals surface area contributed by atoms with Crippen LogP contribution in [0.3, 0.4) is 0 Å². The lowest BCUT2D eigenvalue weighted by Crippen LogP contribution is -2.35. The molecule has 146 valence electrons. The molecule has 0 aromatic heterocycles. The Morgan fingerprint density at radius 2 is 1.48 bits per heavy atom. The van der Waals surface area contributed by atoms with Crippen LogP contribution in [0, 0.1) is 0 Å². The number of phenolic OH excluding ortho intramolecular Hbond substituents is 1. The molecule has 4 rings (SSSR count). The molecule has 0 spiro atoms. The molecule has 0 aliphatic rings. The van der Waals surface area contributed by atoms with Crippen molar-refractivity contribution in [3.8, 4) is 11.5 Å². The topological polar surface area (TPSA) is 78.8 Å². The summed E-state index contributed by atoms with van der Waals surface area (Å²) in [7, 11) is 0. The summed E-state index contributed by atoms with van der Waals surface area (Å²) in [5, 5.41) is 26.0. The van der Waals surface area contributed by atoms with Crippen LogP contribution in [-0.4, -0.2) is 22.5 Å². The molecule has 1 amide bonds. The van der Waals surface area contributed by atoms with Gasteiger partial charge in [-0.1, -0.05) is 60.7 Å². The Kier molecular flexibility index (Phi) is 4.96. The van der Waals surface area contributed by atoms with Gasteiger partial charge in [-0.2, -0.15) is 0 Å². The number of nitrogens with one attached hydrogen (secondary N) is 1. The van der Waals surface area contributed by atoms with E-state index in [-0.39, 0.29) is 5.75 Å². The molecule has 1 unspecified atom stereocenters. The van der Waals surface area contributed by atoms with Crippen LogP contribution in [0.4, 0.5) is 4.79 Å². The monoisotopic (exact) mass is 387 g/mol. The Morgan fingerprint density at radius 3 is 2.14 bits per heavy atom. The van der Waals surface area contributed by atoms with Crippen molar-refractivity contribution in [2.75, 3.05) is 0 Å². The number of fused-ring (bicyclic) bond motifs is 2. The first-order chi connectivity index (χ1) is 14.0. The third-order valence-electron chi connectivity index (χ3n) is 5.00. The van der Waals surface area contributed by atoms with Gasteiger partial charge in [0.25, 0.3) is 0 Å². The third-order valence-corrected chi connectivity index (χ3v) is 5.00. The van der Waals surface area contributed by atoms with Crippen molar-refractivity contribution in [2.45, 2.75) is 19.6 Å². The number of amides is 1. The van der Waals surface area contributed by atoms with Crippen molar-refractivity contribution in [1.82, 2.24) is 5.32 Å². The van der Waals surface area contributed by atoms with E-state index in [1.807, 2.05) is 66.7 Å². The fraction of sp³-hybridized carbons (Fsp3) is 0.125. The second-order valence-electron chi connectivity index (χ2n) is 6.93. The number of phenols is 1. The van der Waals surface area contributed by atoms with Gasteiger partial charge >= 0.3 is 6.09 Å². The van der Waals surface area contributed by atoms with Crippen LogP contribution in [0.25, 0.3) is 21.5 Å². The molecule has 5 nitrogen and oxygen atoms in total. The number of carboxylic acid groups (broad SMARTS) is 1. The van der Waals surface area contributed by atoms with Gasteiger partial charge in [0.1, 0.15) is 11.5 Å². The molecule has 0 heterocycles. The number of aromatic hydroxyl groups is 1. The Morgan fingerprint density at radius 1 is 0.897 bits per heavy atom. The first kappa shape index (κ1) is 18.6. The summed E-state index contributed by atoms with van der Waals surface area (Å²) in [4.78, 5) is 11.0. The largest absolute Gasteiger partial charge is 0.508 e. The zero-order valence-electron chi connectivity index (χ0n) is 15.9. The number of hydrogen-bond donors (Lipinski definition) is 3. The lowest BCUT2D eigenvalue weighted by molar-refractivity contribution is 0.148. The van der Waals surface area contributed by atoms with Crippen molar-refractivity contribution >= 4 is 27.6 Å². The summed E-state index contributed by atoms with van der Waals surface area (Å²) in [6, 6.07) is 23.3. The highest BCUT2D eigenvalue weighted by atomic mass is 16.5. The smallest absolute Gasteiger partial charge is 0.407 e. The highest BCUT2D eigenvalue weighted by Crippen LogP contribution is 2.35. The Labute approximate surface area is 168 Å². The van der Waals surface area contributed by atoms with Crippen LogP contribution in [0.1, 0.15) is 18.1 Å². The maximum Gasteiger partial charge on any atom is 0.407 e. The van der Waals surface area contributed by atoms with Gasteiger partial charge in [-0.15, -0.1) is 0 Å². The maximum absolute atomic E-state index is 11.0. The van der Waals surface area contributed by atoms with E-state index in [9.17, 15) is 9.90 Å². The molecule has 4 aromatic carbocycles. The van der Waals surface area contributed by atoms with Gasteiger partial charge in [-0.05, 0) is 40.6 Å². The fourth-order valence-corrected chi connectivity index (χ4v) is 3.69. The average Bonchev–Trinajstić information content (AvgIpc) is 2.70. The Balaban J connectivity index is 1.85. The van der Waals surface area contributed by atoms with Gasteiger partial charge in [-0.25, -0.2) is 4.79 Å². The highest BCUT2D eigenvalue weighted by Gasteiger charge is 2.16. The third kappa shape index (κ3) is 3.80. The second kappa shape index (κ2) is 7.72. The molecule has 0 aliphatic carbocycles. The molecule has 1 atom stereocenters. The van der Waals surface area contributed by atoms with E-state index in [1.54, 1.807) is 13.0 Å². The van der Waals surface area contributed by atoms with Crippen molar-refractivity contribution in [1.29, 1.82) is 0 Å². The molecular formula is C24H21NO4. The first-order valence-corrected chi connectivity index (χ1v) is 9.39. The van der Waals surface area contributed by atoms with E-state index in [0.29, 0.717) is 12.2 Å². The van der Waals surface area contributed by atoms with E-state index in [2.05, 4.69) is 5.32 Å². The second-order valence-corrected chi connectivity index (χ2v) is 6.93. The number of carbonyl (C=O) groups is 1. The molecule has 0 radical (unpaired) electrons. The van der Waals surface area contributed by atoms with Gasteiger partial charge < -0.3 is 14.9 Å². The molecule has 0 saturated carbocycles. The van der Waals surface area contributed by atoms with E-state index in [1.165, 1.54) is 0 Å². The highest BCUT2D eigenvalue weighted by molar-refractivity contribution is 5.91. The molecule has 3 N–H and O–H groups in total. The number of hydrogen-bond acceptors (Lipinski definition) is 3. The molecule has 0 aliphatic heterocycles. The Hall–Kier alpha value is -3.73. The quantitative estimate of drug-likeness (QED) is 0.407. The average molecular weight is 387 g/mol. The van der Waals surface area contributed by atoms with Crippen molar-refractivity contribution < 1.29 is 19.7 Å². The first-order valence-electron chi connectivity index (χ1n) is 9.39. The SMILES string of the molecule is CC(NC(=O)O)Oc1ccc2ccccc2c1Cc1c(O)ccc2ccccc12. The predicted octanol–water partition coefficient (Wildman–Crippen LogP) is 5.28. The van der Waals surface area contributed by atoms with Crippen molar-refractivity contribution in [2.24, 2.45) is 0 Å². The summed E-state index contributed by atoms with van der Waals surface area (Å²) >= 11 is 0. The zero-order valence-corrected chi connectivity index (χ0v) is 15.9. The fourth-order valence-electron chi connectivity index (χ4n) is 3.69. The van der Waals surface area contributed by atoms with E-state index >= 15 is 0 Å². The van der Waals surface area contributed by atoms with E-state index < -0.39 is 12.3 Å². The zero-order chi connectivity index (χ0) is 20.4. The minimum absolute atomic E-state index is 0.222. The summed E-state index contributed by atoms with van der Waals surface area (Å²) in [6.45, 7) is 1.64. The van der Waals surface area contributed by atoms with Crippen molar-refractivity contribution in [3.05, 3.63) is 83.9 Å². The lowest BCUT2D eigenvalue weighted by atomic mass is 9.93. The molecule has 29 heavy (non-hydrogen) atoms. The molecule has 0 saturated heterocycles. The van der Waals surface area contributed by atoms with Crippen LogP contribution >= 0.6 is 0 Å². The molecule has 5 heteroatoms. The minimum atomic E-state index is -1.15. The van der Waals surface area contributed by atoms with Gasteiger partial charge in [0.05, 0.1) is 0 Å². The molecule has 4 aromatic rings. The standard InChI is InChI=1S/C24H21NO4/c1-15(25-24(27)28)29-23-13-11-17-7-3-5-9-19(17)21(23)14-20-18-8-4-2-6-16(18)10-12-22(20)26/h2-13,15,25-26H,14H2,1H3,(H,27,28). The van der Waals surface area contributed by atoms with Crippen LogP contribution < -0.4 is 10.1 Å². The minimum Gasteiger partial charge on any atom is -0.508 e. The lowest BCUT2D eigenvalue weighted by Gasteiger charge is -2.20. The van der Waals surface area contributed by atoms with Crippen molar-refractivity contribution in [3.63, 3.8) is 0 Å². The number of rotatable bonds is 5. The Bertz CT molecular complexity index is 1200. The molecule has 0 fully saturated rings. The normalized spacial score (nSPS) is 12.0. The molecular weight excluding hydrogens is 366 g/mol. The number of benzene rings is 4. The molecule has 0 bridgehead atoms.